The fraction of sp³-hybridized carbons (Fsp3) is 0.0312. The quantitative estimate of drug-likeness (QED) is 0.188. The number of fused-ring (bicyclic) bond motifs is 1. The Morgan fingerprint density at radius 1 is 0.744 bits per heavy atom. The van der Waals surface area contributed by atoms with Crippen LogP contribution in [-0.4, -0.2) is 27.1 Å². The molecular formula is C32H22ClNO4S. The van der Waals surface area contributed by atoms with Gasteiger partial charge in [-0.3, -0.25) is 0 Å². The molecule has 192 valence electrons. The number of nitrogens with zero attached hydrogens (tertiary/aromatic N) is 1. The molecule has 0 radical (unpaired) electrons. The molecule has 0 amide bonds. The number of rotatable bonds is 8. The molecule has 0 bridgehead atoms. The molecule has 0 saturated carbocycles. The van der Waals surface area contributed by atoms with Gasteiger partial charge in [-0.05, 0) is 71.3 Å². The molecule has 4 aromatic carbocycles. The second-order valence-electron chi connectivity index (χ2n) is 8.84. The van der Waals surface area contributed by atoms with Gasteiger partial charge in [-0.25, -0.2) is 14.6 Å². The van der Waals surface area contributed by atoms with E-state index in [1.807, 2.05) is 78.9 Å². The third-order valence-electron chi connectivity index (χ3n) is 6.11. The van der Waals surface area contributed by atoms with Gasteiger partial charge in [0.25, 0.3) is 0 Å². The first-order valence-corrected chi connectivity index (χ1v) is 13.3. The number of carboxylic acids is 2. The molecule has 0 saturated heterocycles. The number of aromatic nitrogens is 1. The highest BCUT2D eigenvalue weighted by Gasteiger charge is 2.19. The number of aromatic carboxylic acids is 2. The summed E-state index contributed by atoms with van der Waals surface area (Å²) in [6, 6.07) is 31.1. The van der Waals surface area contributed by atoms with Crippen molar-refractivity contribution in [2.75, 3.05) is 0 Å². The average molecular weight is 552 g/mol. The molecule has 5 aromatic rings. The molecule has 0 spiro atoms. The van der Waals surface area contributed by atoms with Gasteiger partial charge in [-0.1, -0.05) is 72.3 Å². The predicted molar refractivity (Wildman–Crippen MR) is 157 cm³/mol. The zero-order chi connectivity index (χ0) is 27.4. The number of thioether (sulfide) groups is 1. The van der Waals surface area contributed by atoms with Crippen molar-refractivity contribution in [1.82, 2.24) is 4.98 Å². The highest BCUT2D eigenvalue weighted by atomic mass is 35.5. The SMILES string of the molecule is O=C(O)c1cccc(SC(c2cccc(/C=C/c3ccc4ccc(Cl)cc4n3)c2)c2cccc(C(=O)O)c2)c1. The second-order valence-corrected chi connectivity index (χ2v) is 10.5. The summed E-state index contributed by atoms with van der Waals surface area (Å²) in [5, 5.41) is 20.4. The largest absolute Gasteiger partial charge is 0.478 e. The Morgan fingerprint density at radius 3 is 2.18 bits per heavy atom. The molecular weight excluding hydrogens is 530 g/mol. The smallest absolute Gasteiger partial charge is 0.335 e. The van der Waals surface area contributed by atoms with E-state index in [1.165, 1.54) is 11.8 Å². The second kappa shape index (κ2) is 11.6. The molecule has 2 N–H and O–H groups in total. The lowest BCUT2D eigenvalue weighted by Gasteiger charge is -2.19. The zero-order valence-corrected chi connectivity index (χ0v) is 22.1. The summed E-state index contributed by atoms with van der Waals surface area (Å²) in [5.74, 6) is -2.01. The van der Waals surface area contributed by atoms with Crippen molar-refractivity contribution >= 4 is 58.4 Å². The van der Waals surface area contributed by atoms with Crippen LogP contribution in [0.4, 0.5) is 0 Å². The molecule has 0 fully saturated rings. The van der Waals surface area contributed by atoms with Crippen molar-refractivity contribution in [3.05, 3.63) is 142 Å². The van der Waals surface area contributed by atoms with E-state index in [1.54, 1.807) is 36.4 Å². The maximum absolute atomic E-state index is 11.7. The predicted octanol–water partition coefficient (Wildman–Crippen LogP) is 8.34. The van der Waals surface area contributed by atoms with E-state index in [-0.39, 0.29) is 16.4 Å². The Morgan fingerprint density at radius 2 is 1.41 bits per heavy atom. The van der Waals surface area contributed by atoms with Gasteiger partial charge in [0, 0.05) is 15.3 Å². The minimum Gasteiger partial charge on any atom is -0.478 e. The summed E-state index contributed by atoms with van der Waals surface area (Å²) in [5.41, 5.74) is 4.69. The van der Waals surface area contributed by atoms with Crippen LogP contribution in [0, 0.1) is 0 Å². The number of hydrogen-bond acceptors (Lipinski definition) is 4. The van der Waals surface area contributed by atoms with Gasteiger partial charge in [-0.2, -0.15) is 0 Å². The van der Waals surface area contributed by atoms with Gasteiger partial charge >= 0.3 is 11.9 Å². The first-order valence-electron chi connectivity index (χ1n) is 12.0. The lowest BCUT2D eigenvalue weighted by atomic mass is 10.00. The van der Waals surface area contributed by atoms with Crippen LogP contribution < -0.4 is 0 Å². The Kier molecular flexibility index (Phi) is 7.77. The molecule has 7 heteroatoms. The standard InChI is InChI=1S/C32H22ClNO4S/c33-26-13-11-21-12-15-27(34-29(21)19-26)14-10-20-4-1-5-22(16-20)30(23-6-2-7-24(17-23)31(35)36)39-28-9-3-8-25(18-28)32(37)38/h1-19,30H,(H,35,36)(H,37,38)/b14-10+. The monoisotopic (exact) mass is 551 g/mol. The maximum Gasteiger partial charge on any atom is 0.335 e. The van der Waals surface area contributed by atoms with Gasteiger partial charge < -0.3 is 10.2 Å². The molecule has 39 heavy (non-hydrogen) atoms. The molecule has 0 aliphatic rings. The van der Waals surface area contributed by atoms with Crippen molar-refractivity contribution in [2.24, 2.45) is 0 Å². The van der Waals surface area contributed by atoms with Crippen molar-refractivity contribution in [3.8, 4) is 0 Å². The Hall–Kier alpha value is -4.39. The molecule has 1 atom stereocenters. The van der Waals surface area contributed by atoms with Crippen LogP contribution in [0.25, 0.3) is 23.1 Å². The summed E-state index contributed by atoms with van der Waals surface area (Å²) in [4.78, 5) is 28.6. The summed E-state index contributed by atoms with van der Waals surface area (Å²) in [7, 11) is 0. The van der Waals surface area contributed by atoms with Crippen LogP contribution >= 0.6 is 23.4 Å². The van der Waals surface area contributed by atoms with Crippen molar-refractivity contribution in [3.63, 3.8) is 0 Å². The first kappa shape index (κ1) is 26.2. The van der Waals surface area contributed by atoms with E-state index in [2.05, 4.69) is 4.98 Å². The fourth-order valence-electron chi connectivity index (χ4n) is 4.21. The Labute approximate surface area is 234 Å². The Balaban J connectivity index is 1.50. The molecule has 1 heterocycles. The van der Waals surface area contributed by atoms with Crippen LogP contribution in [0.15, 0.2) is 108 Å². The minimum absolute atomic E-state index is 0.191. The molecule has 1 aromatic heterocycles. The van der Waals surface area contributed by atoms with Crippen molar-refractivity contribution < 1.29 is 19.8 Å². The van der Waals surface area contributed by atoms with Gasteiger partial charge in [0.2, 0.25) is 0 Å². The normalized spacial score (nSPS) is 12.0. The lowest BCUT2D eigenvalue weighted by Crippen LogP contribution is -2.02. The third-order valence-corrected chi connectivity index (χ3v) is 7.65. The van der Waals surface area contributed by atoms with E-state index in [0.29, 0.717) is 5.02 Å². The highest BCUT2D eigenvalue weighted by molar-refractivity contribution is 7.99. The topological polar surface area (TPSA) is 87.5 Å². The van der Waals surface area contributed by atoms with Crippen LogP contribution in [-0.2, 0) is 0 Å². The number of carbonyl (C=O) groups is 2. The van der Waals surface area contributed by atoms with Gasteiger partial charge in [-0.15, -0.1) is 11.8 Å². The Bertz CT molecular complexity index is 1730. The van der Waals surface area contributed by atoms with E-state index < -0.39 is 11.9 Å². The van der Waals surface area contributed by atoms with Crippen LogP contribution in [0.5, 0.6) is 0 Å². The molecule has 0 aliphatic heterocycles. The number of halogens is 1. The first-order chi connectivity index (χ1) is 18.9. The van der Waals surface area contributed by atoms with E-state index in [9.17, 15) is 19.8 Å². The number of carboxylic acid groups (broad SMARTS) is 2. The van der Waals surface area contributed by atoms with Gasteiger partial charge in [0.15, 0.2) is 0 Å². The molecule has 0 aliphatic carbocycles. The van der Waals surface area contributed by atoms with E-state index in [4.69, 9.17) is 11.6 Å². The number of pyridine rings is 1. The number of hydrogen-bond donors (Lipinski definition) is 2. The summed E-state index contributed by atoms with van der Waals surface area (Å²) < 4.78 is 0. The van der Waals surface area contributed by atoms with Crippen molar-refractivity contribution in [2.45, 2.75) is 10.1 Å². The molecule has 5 nitrogen and oxygen atoms in total. The highest BCUT2D eigenvalue weighted by Crippen LogP contribution is 2.41. The lowest BCUT2D eigenvalue weighted by molar-refractivity contribution is 0.0686. The summed E-state index contributed by atoms with van der Waals surface area (Å²) in [6.07, 6.45) is 3.91. The molecule has 5 rings (SSSR count). The third kappa shape index (κ3) is 6.37. The average Bonchev–Trinajstić information content (AvgIpc) is 2.95. The van der Waals surface area contributed by atoms with E-state index in [0.717, 1.165) is 38.2 Å². The summed E-state index contributed by atoms with van der Waals surface area (Å²) in [6.45, 7) is 0. The number of benzene rings is 4. The van der Waals surface area contributed by atoms with Crippen LogP contribution in [0.1, 0.15) is 48.4 Å². The zero-order valence-electron chi connectivity index (χ0n) is 20.5. The van der Waals surface area contributed by atoms with Crippen molar-refractivity contribution in [1.29, 1.82) is 0 Å². The summed E-state index contributed by atoms with van der Waals surface area (Å²) >= 11 is 7.60. The molecule has 1 unspecified atom stereocenters. The van der Waals surface area contributed by atoms with Crippen LogP contribution in [0.2, 0.25) is 5.02 Å². The van der Waals surface area contributed by atoms with Gasteiger partial charge in [0.1, 0.15) is 0 Å². The van der Waals surface area contributed by atoms with Crippen LogP contribution in [0.3, 0.4) is 0 Å². The fourth-order valence-corrected chi connectivity index (χ4v) is 5.56. The maximum atomic E-state index is 11.7. The van der Waals surface area contributed by atoms with Gasteiger partial charge in [0.05, 0.1) is 27.6 Å². The minimum atomic E-state index is -1.01. The van der Waals surface area contributed by atoms with E-state index >= 15 is 0 Å².